The lowest BCUT2D eigenvalue weighted by Crippen LogP contribution is -2.64. The van der Waals surface area contributed by atoms with Crippen molar-refractivity contribution in [3.8, 4) is 11.5 Å². The van der Waals surface area contributed by atoms with Crippen molar-refractivity contribution in [2.75, 3.05) is 27.7 Å². The largest absolute Gasteiger partial charge is 0.508 e. The lowest BCUT2D eigenvalue weighted by molar-refractivity contribution is -0.175. The Balaban J connectivity index is 1.95. The van der Waals surface area contributed by atoms with E-state index in [4.69, 9.17) is 14.5 Å². The maximum Gasteiger partial charge on any atom is 0.264 e. The lowest BCUT2D eigenvalue weighted by Gasteiger charge is -2.51. The second-order valence-corrected chi connectivity index (χ2v) is 7.70. The van der Waals surface area contributed by atoms with E-state index >= 15 is 0 Å². The quantitative estimate of drug-likeness (QED) is 0.594. The smallest absolute Gasteiger partial charge is 0.264 e. The summed E-state index contributed by atoms with van der Waals surface area (Å²) in [7, 11) is 5.35. The van der Waals surface area contributed by atoms with Gasteiger partial charge in [-0.2, -0.15) is 0 Å². The van der Waals surface area contributed by atoms with Gasteiger partial charge in [0.05, 0.1) is 6.34 Å². The Labute approximate surface area is 158 Å². The van der Waals surface area contributed by atoms with Crippen molar-refractivity contribution in [3.05, 3.63) is 23.8 Å². The van der Waals surface area contributed by atoms with Crippen LogP contribution in [-0.4, -0.2) is 72.6 Å². The number of ether oxygens (including phenoxy) is 2. The van der Waals surface area contributed by atoms with Crippen LogP contribution in [-0.2, 0) is 15.1 Å². The molecule has 4 rings (SSSR count). The van der Waals surface area contributed by atoms with E-state index in [1.54, 1.807) is 36.5 Å². The number of hydrogen-bond acceptors (Lipinski definition) is 6. The van der Waals surface area contributed by atoms with Crippen LogP contribution >= 0.6 is 0 Å². The summed E-state index contributed by atoms with van der Waals surface area (Å²) in [5.41, 5.74) is -1.50. The molecule has 144 valence electrons. The van der Waals surface area contributed by atoms with E-state index in [1.165, 1.54) is 4.90 Å². The van der Waals surface area contributed by atoms with Crippen molar-refractivity contribution in [1.82, 2.24) is 9.80 Å². The first-order valence-corrected chi connectivity index (χ1v) is 9.01. The summed E-state index contributed by atoms with van der Waals surface area (Å²) < 4.78 is 12.3. The van der Waals surface area contributed by atoms with Gasteiger partial charge in [-0.1, -0.05) is 0 Å². The Morgan fingerprint density at radius 1 is 1.44 bits per heavy atom. The number of likely N-dealkylation sites (N-methyl/N-ethyl adjacent to an activating group) is 1. The van der Waals surface area contributed by atoms with E-state index in [9.17, 15) is 9.90 Å². The molecule has 3 aliphatic heterocycles. The van der Waals surface area contributed by atoms with Gasteiger partial charge < -0.3 is 19.5 Å². The molecular formula is C19H24N4O4. The standard InChI is InChI=1S/C19H24N4O4/c1-18-8-5-9-26-15(18)19(13-10-12(24)6-7-14(13)27-18)16(25)23(4)17(21-19)20-11-22(2)3/h6-7,10-11,15,24H,5,8-9H2,1-4H3/t15-,18+,19-/m0/s1. The molecule has 0 aromatic heterocycles. The maximum atomic E-state index is 13.5. The first-order chi connectivity index (χ1) is 12.8. The van der Waals surface area contributed by atoms with Crippen molar-refractivity contribution < 1.29 is 19.4 Å². The van der Waals surface area contributed by atoms with E-state index < -0.39 is 17.2 Å². The number of hydrogen-bond donors (Lipinski definition) is 1. The third kappa shape index (κ3) is 2.50. The first-order valence-electron chi connectivity index (χ1n) is 9.01. The van der Waals surface area contributed by atoms with Gasteiger partial charge >= 0.3 is 0 Å². The van der Waals surface area contributed by atoms with Crippen LogP contribution in [0.15, 0.2) is 28.2 Å². The number of amides is 1. The van der Waals surface area contributed by atoms with Gasteiger partial charge in [0, 0.05) is 33.3 Å². The zero-order chi connectivity index (χ0) is 19.4. The van der Waals surface area contributed by atoms with Crippen LogP contribution in [0.1, 0.15) is 25.3 Å². The molecule has 3 aliphatic rings. The van der Waals surface area contributed by atoms with Crippen LogP contribution in [0.4, 0.5) is 0 Å². The van der Waals surface area contributed by atoms with E-state index in [0.717, 1.165) is 12.8 Å². The fourth-order valence-corrected chi connectivity index (χ4v) is 4.15. The average Bonchev–Trinajstić information content (AvgIpc) is 2.86. The minimum Gasteiger partial charge on any atom is -0.508 e. The molecule has 1 saturated heterocycles. The minimum absolute atomic E-state index is 0.0482. The van der Waals surface area contributed by atoms with Crippen molar-refractivity contribution >= 4 is 18.2 Å². The molecule has 0 aliphatic carbocycles. The second kappa shape index (κ2) is 5.95. The monoisotopic (exact) mass is 372 g/mol. The van der Waals surface area contributed by atoms with Crippen LogP contribution < -0.4 is 4.74 Å². The molecule has 3 heterocycles. The van der Waals surface area contributed by atoms with Crippen LogP contribution in [0, 0.1) is 0 Å². The van der Waals surface area contributed by atoms with Crippen LogP contribution in [0.25, 0.3) is 0 Å². The number of carbonyl (C=O) groups is 1. The molecule has 1 fully saturated rings. The predicted octanol–water partition coefficient (Wildman–Crippen LogP) is 1.34. The molecule has 8 nitrogen and oxygen atoms in total. The Morgan fingerprint density at radius 2 is 2.22 bits per heavy atom. The number of phenols is 1. The lowest BCUT2D eigenvalue weighted by atomic mass is 9.71. The number of rotatable bonds is 1. The maximum absolute atomic E-state index is 13.5. The Morgan fingerprint density at radius 3 is 2.96 bits per heavy atom. The fraction of sp³-hybridized carbons (Fsp3) is 0.526. The summed E-state index contributed by atoms with van der Waals surface area (Å²) in [5.74, 6) is 0.663. The number of phenolic OH excluding ortho intramolecular Hbond substituents is 1. The molecular weight excluding hydrogens is 348 g/mol. The highest BCUT2D eigenvalue weighted by Gasteiger charge is 2.65. The molecule has 8 heteroatoms. The molecule has 0 unspecified atom stereocenters. The Hall–Kier alpha value is -2.61. The number of carbonyl (C=O) groups excluding carboxylic acids is 1. The number of benzene rings is 1. The summed E-state index contributed by atoms with van der Waals surface area (Å²) in [6.07, 6.45) is 2.60. The average molecular weight is 372 g/mol. The van der Waals surface area contributed by atoms with Crippen LogP contribution in [0.5, 0.6) is 11.5 Å². The van der Waals surface area contributed by atoms with Gasteiger partial charge in [-0.3, -0.25) is 9.69 Å². The van der Waals surface area contributed by atoms with E-state index in [1.807, 2.05) is 21.0 Å². The highest BCUT2D eigenvalue weighted by Crippen LogP contribution is 2.53. The van der Waals surface area contributed by atoms with Gasteiger partial charge in [0.1, 0.15) is 23.2 Å². The number of fused-ring (bicyclic) bond motifs is 4. The molecule has 1 spiro atoms. The van der Waals surface area contributed by atoms with Gasteiger partial charge in [0.15, 0.2) is 0 Å². The van der Waals surface area contributed by atoms with E-state index in [0.29, 0.717) is 23.9 Å². The second-order valence-electron chi connectivity index (χ2n) is 7.70. The summed E-state index contributed by atoms with van der Waals surface area (Å²) in [6.45, 7) is 2.49. The number of nitrogens with zero attached hydrogens (tertiary/aromatic N) is 4. The molecule has 1 aromatic carbocycles. The molecule has 1 N–H and O–H groups in total. The summed E-state index contributed by atoms with van der Waals surface area (Å²) in [5, 5.41) is 10.1. The van der Waals surface area contributed by atoms with Gasteiger partial charge in [-0.15, -0.1) is 0 Å². The summed E-state index contributed by atoms with van der Waals surface area (Å²) in [6, 6.07) is 4.78. The zero-order valence-electron chi connectivity index (χ0n) is 16.0. The fourth-order valence-electron chi connectivity index (χ4n) is 4.15. The number of aliphatic imine (C=N–C) groups is 2. The zero-order valence-corrected chi connectivity index (χ0v) is 16.0. The van der Waals surface area contributed by atoms with E-state index in [-0.39, 0.29) is 11.7 Å². The normalized spacial score (nSPS) is 32.3. The highest BCUT2D eigenvalue weighted by atomic mass is 16.6. The van der Waals surface area contributed by atoms with Crippen LogP contribution in [0.2, 0.25) is 0 Å². The summed E-state index contributed by atoms with van der Waals surface area (Å²) >= 11 is 0. The third-order valence-electron chi connectivity index (χ3n) is 5.36. The van der Waals surface area contributed by atoms with Gasteiger partial charge in [0.25, 0.3) is 5.91 Å². The minimum atomic E-state index is -1.32. The predicted molar refractivity (Wildman–Crippen MR) is 100 cm³/mol. The van der Waals surface area contributed by atoms with Crippen molar-refractivity contribution in [1.29, 1.82) is 0 Å². The van der Waals surface area contributed by atoms with E-state index in [2.05, 4.69) is 4.99 Å². The van der Waals surface area contributed by atoms with Crippen molar-refractivity contribution in [3.63, 3.8) is 0 Å². The molecule has 27 heavy (non-hydrogen) atoms. The molecule has 0 bridgehead atoms. The van der Waals surface area contributed by atoms with Crippen LogP contribution in [0.3, 0.4) is 0 Å². The van der Waals surface area contributed by atoms with Crippen molar-refractivity contribution in [2.45, 2.75) is 37.0 Å². The molecule has 0 radical (unpaired) electrons. The topological polar surface area (TPSA) is 87.0 Å². The number of guanidine groups is 1. The number of aromatic hydroxyl groups is 1. The first kappa shape index (κ1) is 17.8. The SMILES string of the molecule is CN(C)C=NC1=N[C@@]2(C(=O)N1C)c1cc(O)ccc1O[C@]1(C)CCCO[C@@H]12. The van der Waals surface area contributed by atoms with Gasteiger partial charge in [-0.25, -0.2) is 9.98 Å². The highest BCUT2D eigenvalue weighted by molar-refractivity contribution is 6.10. The van der Waals surface area contributed by atoms with Gasteiger partial charge in [-0.05, 0) is 38.0 Å². The third-order valence-corrected chi connectivity index (χ3v) is 5.36. The van der Waals surface area contributed by atoms with Gasteiger partial charge in [0.2, 0.25) is 11.5 Å². The summed E-state index contributed by atoms with van der Waals surface area (Å²) in [4.78, 5) is 25.9. The Kier molecular flexibility index (Phi) is 3.92. The molecule has 0 saturated carbocycles. The van der Waals surface area contributed by atoms with Crippen molar-refractivity contribution in [2.24, 2.45) is 9.98 Å². The molecule has 3 atom stereocenters. The Bertz CT molecular complexity index is 852. The molecule has 1 amide bonds. The molecule has 1 aromatic rings.